The SMILES string of the molecule is CCOc1cc2ncc(C#N)c(Nc3ccc(OCc4ccccn4)c(Cl)c3)c2cc1NC(=O)/C=C/C1CCCN1C.O=C(O)/C=C/C(=O)O.O=C(O)/C=C/C(=O)O. The topological polar surface area (TPSA) is 262 Å². The van der Waals surface area contributed by atoms with E-state index >= 15 is 0 Å². The third-order valence-corrected chi connectivity index (χ3v) is 8.03. The van der Waals surface area contributed by atoms with Gasteiger partial charge in [0.1, 0.15) is 24.2 Å². The van der Waals surface area contributed by atoms with Crippen molar-refractivity contribution in [2.75, 3.05) is 30.8 Å². The van der Waals surface area contributed by atoms with Gasteiger partial charge in [-0.05, 0) is 69.8 Å². The number of nitrogens with one attached hydrogen (secondary N) is 2. The summed E-state index contributed by atoms with van der Waals surface area (Å²) in [5.41, 5.74) is 3.38. The summed E-state index contributed by atoms with van der Waals surface area (Å²) in [7, 11) is 2.06. The van der Waals surface area contributed by atoms with Crippen molar-refractivity contribution < 1.29 is 53.9 Å². The van der Waals surface area contributed by atoms with E-state index in [1.807, 2.05) is 37.3 Å². The zero-order valence-electron chi connectivity index (χ0n) is 31.2. The van der Waals surface area contributed by atoms with Gasteiger partial charge in [-0.1, -0.05) is 23.7 Å². The number of likely N-dealkylation sites (tertiary alicyclic amines) is 1. The van der Waals surface area contributed by atoms with Crippen LogP contribution in [0.25, 0.3) is 10.9 Å². The minimum absolute atomic E-state index is 0.246. The number of pyridine rings is 2. The molecule has 1 amide bonds. The fraction of sp³-hybridized carbons (Fsp3) is 0.200. The maximum absolute atomic E-state index is 12.9. The molecule has 0 aliphatic carbocycles. The number of likely N-dealkylation sites (N-methyl/N-ethyl adjacent to an activating group) is 1. The summed E-state index contributed by atoms with van der Waals surface area (Å²) in [6, 6.07) is 16.9. The van der Waals surface area contributed by atoms with Crippen molar-refractivity contribution in [2.24, 2.45) is 0 Å². The number of benzene rings is 2. The fourth-order valence-electron chi connectivity index (χ4n) is 5.12. The highest BCUT2D eigenvalue weighted by atomic mass is 35.5. The van der Waals surface area contributed by atoms with Crippen molar-refractivity contribution in [3.05, 3.63) is 114 Å². The number of carboxylic acid groups (broad SMARTS) is 4. The second-order valence-corrected chi connectivity index (χ2v) is 12.3. The van der Waals surface area contributed by atoms with Gasteiger partial charge in [0.2, 0.25) is 5.91 Å². The van der Waals surface area contributed by atoms with Crippen LogP contribution < -0.4 is 20.1 Å². The van der Waals surface area contributed by atoms with Crippen LogP contribution in [0, 0.1) is 11.3 Å². The zero-order valence-corrected chi connectivity index (χ0v) is 31.9. The van der Waals surface area contributed by atoms with Crippen molar-refractivity contribution in [3.8, 4) is 17.6 Å². The van der Waals surface area contributed by atoms with Crippen LogP contribution in [-0.2, 0) is 30.6 Å². The summed E-state index contributed by atoms with van der Waals surface area (Å²) >= 11 is 6.54. The molecule has 3 heterocycles. The second-order valence-electron chi connectivity index (χ2n) is 11.9. The van der Waals surface area contributed by atoms with E-state index in [4.69, 9.17) is 41.5 Å². The molecule has 1 atom stereocenters. The highest BCUT2D eigenvalue weighted by molar-refractivity contribution is 6.32. The molecule has 5 rings (SSSR count). The van der Waals surface area contributed by atoms with E-state index in [-0.39, 0.29) is 18.6 Å². The van der Waals surface area contributed by atoms with Crippen molar-refractivity contribution >= 4 is 69.4 Å². The van der Waals surface area contributed by atoms with Crippen LogP contribution in [0.15, 0.2) is 97.4 Å². The number of fused-ring (bicyclic) bond motifs is 1. The number of hydrogen-bond donors (Lipinski definition) is 6. The predicted octanol–water partition coefficient (Wildman–Crippen LogP) is 5.89. The Morgan fingerprint density at radius 2 is 1.59 bits per heavy atom. The average Bonchev–Trinajstić information content (AvgIpc) is 3.60. The van der Waals surface area contributed by atoms with Crippen LogP contribution in [0.1, 0.15) is 31.0 Å². The Labute approximate surface area is 337 Å². The molecule has 6 N–H and O–H groups in total. The molecule has 0 radical (unpaired) electrons. The van der Waals surface area contributed by atoms with E-state index in [2.05, 4.69) is 38.6 Å². The normalized spacial score (nSPS) is 13.5. The summed E-state index contributed by atoms with van der Waals surface area (Å²) in [5.74, 6) is -4.29. The smallest absolute Gasteiger partial charge is 0.328 e. The monoisotopic (exact) mass is 814 g/mol. The summed E-state index contributed by atoms with van der Waals surface area (Å²) in [4.78, 5) is 62.1. The Morgan fingerprint density at radius 1 is 0.914 bits per heavy atom. The van der Waals surface area contributed by atoms with Gasteiger partial charge in [0.15, 0.2) is 0 Å². The molecule has 18 heteroatoms. The molecule has 2 aromatic heterocycles. The number of aliphatic carboxylic acids is 4. The van der Waals surface area contributed by atoms with Crippen LogP contribution >= 0.6 is 11.6 Å². The van der Waals surface area contributed by atoms with Gasteiger partial charge >= 0.3 is 23.9 Å². The number of anilines is 3. The largest absolute Gasteiger partial charge is 0.492 e. The first-order valence-electron chi connectivity index (χ1n) is 17.3. The number of halogens is 1. The number of carboxylic acids is 4. The maximum Gasteiger partial charge on any atom is 0.328 e. The highest BCUT2D eigenvalue weighted by Crippen LogP contribution is 2.37. The second kappa shape index (κ2) is 22.9. The number of nitriles is 1. The number of aromatic nitrogens is 2. The molecule has 302 valence electrons. The highest BCUT2D eigenvalue weighted by Gasteiger charge is 2.19. The number of nitrogens with zero attached hydrogens (tertiary/aromatic N) is 4. The van der Waals surface area contributed by atoms with Crippen molar-refractivity contribution in [2.45, 2.75) is 32.4 Å². The van der Waals surface area contributed by atoms with Gasteiger partial charge in [-0.25, -0.2) is 19.2 Å². The van der Waals surface area contributed by atoms with Gasteiger partial charge in [-0.15, -0.1) is 0 Å². The van der Waals surface area contributed by atoms with Gasteiger partial charge in [0.05, 0.1) is 39.8 Å². The molecule has 1 fully saturated rings. The van der Waals surface area contributed by atoms with E-state index < -0.39 is 23.9 Å². The quantitative estimate of drug-likeness (QED) is 0.0811. The molecule has 4 aromatic rings. The van der Waals surface area contributed by atoms with Crippen LogP contribution in [0.3, 0.4) is 0 Å². The van der Waals surface area contributed by atoms with Crippen molar-refractivity contribution in [1.29, 1.82) is 5.26 Å². The van der Waals surface area contributed by atoms with Crippen molar-refractivity contribution in [3.63, 3.8) is 0 Å². The van der Waals surface area contributed by atoms with Crippen LogP contribution in [0.4, 0.5) is 17.1 Å². The minimum Gasteiger partial charge on any atom is -0.492 e. The standard InChI is InChI=1S/C32H31ClN6O3.2C4H4O4/c1-3-41-30-17-27-25(16-28(30)38-31(40)12-10-24-8-6-14-39(24)2)32(21(18-34)19-36-27)37-22-9-11-29(26(33)15-22)42-20-23-7-4-5-13-35-23;2*5-3(6)1-2-4(7)8/h4-5,7,9-13,15-17,19,24H,3,6,8,14,20H2,1-2H3,(H,36,37)(H,38,40);2*1-2H,(H,5,6)(H,7,8)/b12-10+;2*2-1+. The van der Waals surface area contributed by atoms with E-state index in [9.17, 15) is 29.2 Å². The molecule has 1 aliphatic rings. The number of ether oxygens (including phenoxy) is 2. The Bertz CT molecular complexity index is 2170. The Hall–Kier alpha value is -7.29. The van der Waals surface area contributed by atoms with Crippen LogP contribution in [0.2, 0.25) is 5.02 Å². The fourth-order valence-corrected chi connectivity index (χ4v) is 5.36. The van der Waals surface area contributed by atoms with Gasteiger partial charge in [0.25, 0.3) is 0 Å². The third-order valence-electron chi connectivity index (χ3n) is 7.73. The van der Waals surface area contributed by atoms with E-state index in [0.717, 1.165) is 25.1 Å². The summed E-state index contributed by atoms with van der Waals surface area (Å²) in [6.07, 6.45) is 11.1. The molecule has 1 unspecified atom stereocenters. The van der Waals surface area contributed by atoms with Gasteiger partial charge in [0, 0.05) is 66.0 Å². The number of carbonyl (C=O) groups is 5. The lowest BCUT2D eigenvalue weighted by Gasteiger charge is -2.17. The molecule has 0 spiro atoms. The molecular formula is C40H39ClN6O11. The third kappa shape index (κ3) is 15.1. The molecular weight excluding hydrogens is 776 g/mol. The predicted molar refractivity (Wildman–Crippen MR) is 213 cm³/mol. The lowest BCUT2D eigenvalue weighted by atomic mass is 10.1. The molecule has 2 aromatic carbocycles. The Morgan fingerprint density at radius 3 is 2.12 bits per heavy atom. The van der Waals surface area contributed by atoms with Crippen LogP contribution in [0.5, 0.6) is 11.5 Å². The number of rotatable bonds is 14. The summed E-state index contributed by atoms with van der Waals surface area (Å²) < 4.78 is 11.7. The van der Waals surface area contributed by atoms with E-state index in [1.165, 1.54) is 6.20 Å². The average molecular weight is 815 g/mol. The number of carbonyl (C=O) groups excluding carboxylic acids is 1. The molecule has 1 aliphatic heterocycles. The molecule has 0 bridgehead atoms. The van der Waals surface area contributed by atoms with E-state index in [1.54, 1.807) is 36.5 Å². The number of amides is 1. The van der Waals surface area contributed by atoms with Gasteiger partial charge < -0.3 is 40.5 Å². The molecule has 17 nitrogen and oxygen atoms in total. The van der Waals surface area contributed by atoms with Crippen LogP contribution in [-0.4, -0.2) is 91.3 Å². The lowest BCUT2D eigenvalue weighted by molar-refractivity contribution is -0.134. The molecule has 58 heavy (non-hydrogen) atoms. The van der Waals surface area contributed by atoms with Gasteiger partial charge in [-0.2, -0.15) is 5.26 Å². The summed E-state index contributed by atoms with van der Waals surface area (Å²) in [5, 5.41) is 48.4. The first kappa shape index (κ1) is 45.1. The lowest BCUT2D eigenvalue weighted by Crippen LogP contribution is -2.23. The summed E-state index contributed by atoms with van der Waals surface area (Å²) in [6.45, 7) is 3.58. The molecule has 1 saturated heterocycles. The van der Waals surface area contributed by atoms with Crippen molar-refractivity contribution in [1.82, 2.24) is 14.9 Å². The minimum atomic E-state index is -1.26. The molecule has 0 saturated carbocycles. The first-order valence-corrected chi connectivity index (χ1v) is 17.6. The maximum atomic E-state index is 12.9. The van der Waals surface area contributed by atoms with Gasteiger partial charge in [-0.3, -0.25) is 19.7 Å². The first-order chi connectivity index (χ1) is 27.7. The zero-order chi connectivity index (χ0) is 42.6. The Kier molecular flexibility index (Phi) is 17.8. The van der Waals surface area contributed by atoms with E-state index in [0.29, 0.717) is 81.0 Å². The number of hydrogen-bond acceptors (Lipinski definition) is 12. The Balaban J connectivity index is 0.000000473.